The van der Waals surface area contributed by atoms with E-state index in [4.69, 9.17) is 0 Å². The van der Waals surface area contributed by atoms with Crippen molar-refractivity contribution in [1.29, 1.82) is 0 Å². The van der Waals surface area contributed by atoms with Gasteiger partial charge in [0.25, 0.3) is 5.91 Å². The molecular formula is C22H23N3O3S2. The predicted molar refractivity (Wildman–Crippen MR) is 118 cm³/mol. The van der Waals surface area contributed by atoms with Gasteiger partial charge in [-0.1, -0.05) is 37.3 Å². The second-order valence-corrected chi connectivity index (χ2v) is 10.2. The second kappa shape index (κ2) is 8.67. The zero-order valence-corrected chi connectivity index (χ0v) is 18.3. The third-order valence-corrected chi connectivity index (χ3v) is 8.13. The Morgan fingerprint density at radius 2 is 1.83 bits per heavy atom. The summed E-state index contributed by atoms with van der Waals surface area (Å²) in [6.07, 6.45) is 3.11. The van der Waals surface area contributed by atoms with Crippen molar-refractivity contribution >= 4 is 32.4 Å². The molecule has 30 heavy (non-hydrogen) atoms. The van der Waals surface area contributed by atoms with E-state index >= 15 is 0 Å². The maximum atomic E-state index is 13.0. The highest BCUT2D eigenvalue weighted by atomic mass is 32.2. The van der Waals surface area contributed by atoms with Gasteiger partial charge in [-0.3, -0.25) is 10.1 Å². The number of benzene rings is 2. The van der Waals surface area contributed by atoms with Crippen LogP contribution in [0.1, 0.15) is 39.8 Å². The molecule has 3 aromatic rings. The Morgan fingerprint density at radius 3 is 2.50 bits per heavy atom. The largest absolute Gasteiger partial charge is 0.298 e. The first-order chi connectivity index (χ1) is 14.5. The van der Waals surface area contributed by atoms with Gasteiger partial charge in [-0.15, -0.1) is 11.3 Å². The number of amides is 1. The number of hydrogen-bond donors (Lipinski definition) is 1. The van der Waals surface area contributed by atoms with Gasteiger partial charge in [-0.25, -0.2) is 13.4 Å². The number of nitrogens with zero attached hydrogens (tertiary/aromatic N) is 2. The number of carbonyl (C=O) groups excluding carboxylic acids is 1. The second-order valence-electron chi connectivity index (χ2n) is 7.14. The monoisotopic (exact) mass is 441 g/mol. The number of carbonyl (C=O) groups is 1. The van der Waals surface area contributed by atoms with Gasteiger partial charge in [0.05, 0.1) is 10.6 Å². The quantitative estimate of drug-likeness (QED) is 0.599. The van der Waals surface area contributed by atoms with Crippen LogP contribution in [0.15, 0.2) is 59.5 Å². The van der Waals surface area contributed by atoms with Crippen LogP contribution >= 0.6 is 11.3 Å². The highest BCUT2D eigenvalue weighted by Gasteiger charge is 2.24. The predicted octanol–water partition coefficient (Wildman–Crippen LogP) is 4.09. The standard InChI is InChI=1S/C22H23N3O3S2/c1-2-25(15-16-7-4-3-5-8-16)30(27,28)18-13-11-17(12-14-18)21(26)24-22-23-19-9-6-10-20(19)29-22/h3-5,7-8,11-14H,2,6,9-10,15H2,1H3,(H,23,24,26). The maximum Gasteiger partial charge on any atom is 0.257 e. The summed E-state index contributed by atoms with van der Waals surface area (Å²) in [6, 6.07) is 15.5. The number of aromatic nitrogens is 1. The molecule has 2 aromatic carbocycles. The number of anilines is 1. The summed E-state index contributed by atoms with van der Waals surface area (Å²) < 4.78 is 27.5. The van der Waals surface area contributed by atoms with Crippen LogP contribution in [0.3, 0.4) is 0 Å². The molecule has 0 spiro atoms. The third-order valence-electron chi connectivity index (χ3n) is 5.12. The van der Waals surface area contributed by atoms with Crippen LogP contribution < -0.4 is 5.32 Å². The molecule has 156 valence electrons. The Morgan fingerprint density at radius 1 is 1.10 bits per heavy atom. The summed E-state index contributed by atoms with van der Waals surface area (Å²) in [7, 11) is -3.66. The molecule has 0 bridgehead atoms. The molecule has 1 aromatic heterocycles. The van der Waals surface area contributed by atoms with E-state index in [1.165, 1.54) is 32.7 Å². The highest BCUT2D eigenvalue weighted by molar-refractivity contribution is 7.89. The highest BCUT2D eigenvalue weighted by Crippen LogP contribution is 2.30. The van der Waals surface area contributed by atoms with Crippen LogP contribution in [0.25, 0.3) is 0 Å². The molecule has 0 saturated heterocycles. The van der Waals surface area contributed by atoms with Crippen molar-refractivity contribution in [1.82, 2.24) is 9.29 Å². The van der Waals surface area contributed by atoms with Crippen LogP contribution in [0, 0.1) is 0 Å². The first-order valence-electron chi connectivity index (χ1n) is 9.91. The molecule has 1 N–H and O–H groups in total. The van der Waals surface area contributed by atoms with Crippen molar-refractivity contribution in [2.75, 3.05) is 11.9 Å². The van der Waals surface area contributed by atoms with E-state index in [9.17, 15) is 13.2 Å². The average molecular weight is 442 g/mol. The van der Waals surface area contributed by atoms with Gasteiger partial charge in [0.15, 0.2) is 5.13 Å². The zero-order chi connectivity index (χ0) is 21.1. The SMILES string of the molecule is CCN(Cc1ccccc1)S(=O)(=O)c1ccc(C(=O)Nc2nc3c(s2)CCC3)cc1. The Hall–Kier alpha value is -2.55. The normalized spacial score (nSPS) is 13.4. The van der Waals surface area contributed by atoms with Gasteiger partial charge in [0, 0.05) is 23.5 Å². The van der Waals surface area contributed by atoms with Gasteiger partial charge in [0.1, 0.15) is 0 Å². The molecule has 0 aliphatic heterocycles. The van der Waals surface area contributed by atoms with Crippen LogP contribution in [-0.4, -0.2) is 30.2 Å². The lowest BCUT2D eigenvalue weighted by molar-refractivity contribution is 0.102. The first kappa shape index (κ1) is 20.7. The molecule has 1 aliphatic carbocycles. The number of nitrogens with one attached hydrogen (secondary N) is 1. The first-order valence-corrected chi connectivity index (χ1v) is 12.2. The molecule has 4 rings (SSSR count). The molecular weight excluding hydrogens is 418 g/mol. The molecule has 0 fully saturated rings. The number of fused-ring (bicyclic) bond motifs is 1. The van der Waals surface area contributed by atoms with Crippen LogP contribution in [0.2, 0.25) is 0 Å². The minimum Gasteiger partial charge on any atom is -0.298 e. The van der Waals surface area contributed by atoms with E-state index in [1.54, 1.807) is 12.1 Å². The lowest BCUT2D eigenvalue weighted by atomic mass is 10.2. The molecule has 6 nitrogen and oxygen atoms in total. The van der Waals surface area contributed by atoms with Crippen LogP contribution in [0.4, 0.5) is 5.13 Å². The molecule has 0 atom stereocenters. The fourth-order valence-corrected chi connectivity index (χ4v) is 5.98. The molecule has 0 radical (unpaired) electrons. The van der Waals surface area contributed by atoms with Gasteiger partial charge in [0.2, 0.25) is 10.0 Å². The van der Waals surface area contributed by atoms with Gasteiger partial charge in [-0.2, -0.15) is 4.31 Å². The number of thiazole rings is 1. The lowest BCUT2D eigenvalue weighted by Crippen LogP contribution is -2.30. The zero-order valence-electron chi connectivity index (χ0n) is 16.7. The van der Waals surface area contributed by atoms with Gasteiger partial charge in [-0.05, 0) is 49.1 Å². The molecule has 1 heterocycles. The Bertz CT molecular complexity index is 1120. The minimum atomic E-state index is -3.66. The maximum absolute atomic E-state index is 13.0. The van der Waals surface area contributed by atoms with Crippen molar-refractivity contribution in [3.05, 3.63) is 76.3 Å². The molecule has 0 unspecified atom stereocenters. The van der Waals surface area contributed by atoms with Crippen molar-refractivity contribution in [3.8, 4) is 0 Å². The Kier molecular flexibility index (Phi) is 5.99. The van der Waals surface area contributed by atoms with E-state index < -0.39 is 10.0 Å². The fraction of sp³-hybridized carbons (Fsp3) is 0.273. The number of rotatable bonds is 7. The lowest BCUT2D eigenvalue weighted by Gasteiger charge is -2.20. The van der Waals surface area contributed by atoms with Crippen molar-refractivity contribution in [2.24, 2.45) is 0 Å². The van der Waals surface area contributed by atoms with Gasteiger partial charge >= 0.3 is 0 Å². The third kappa shape index (κ3) is 4.30. The summed E-state index contributed by atoms with van der Waals surface area (Å²) in [5.41, 5.74) is 2.40. The van der Waals surface area contributed by atoms with E-state index in [0.29, 0.717) is 23.8 Å². The summed E-state index contributed by atoms with van der Waals surface area (Å²) in [5.74, 6) is -0.289. The average Bonchev–Trinajstić information content (AvgIpc) is 3.34. The molecule has 1 amide bonds. The van der Waals surface area contributed by atoms with E-state index in [0.717, 1.165) is 30.5 Å². The number of aryl methyl sites for hydroxylation is 2. The van der Waals surface area contributed by atoms with E-state index in [2.05, 4.69) is 10.3 Å². The van der Waals surface area contributed by atoms with Crippen molar-refractivity contribution in [3.63, 3.8) is 0 Å². The Balaban J connectivity index is 1.47. The van der Waals surface area contributed by atoms with Crippen molar-refractivity contribution < 1.29 is 13.2 Å². The molecule has 1 aliphatic rings. The Labute approximate surface area is 180 Å². The van der Waals surface area contributed by atoms with E-state index in [1.807, 2.05) is 37.3 Å². The summed E-state index contributed by atoms with van der Waals surface area (Å²) in [4.78, 5) is 18.4. The van der Waals surface area contributed by atoms with Gasteiger partial charge < -0.3 is 0 Å². The molecule has 8 heteroatoms. The minimum absolute atomic E-state index is 0.171. The van der Waals surface area contributed by atoms with E-state index in [-0.39, 0.29) is 10.8 Å². The fourth-order valence-electron chi connectivity index (χ4n) is 3.49. The summed E-state index contributed by atoms with van der Waals surface area (Å²) in [5, 5.41) is 3.42. The number of hydrogen-bond acceptors (Lipinski definition) is 5. The van der Waals surface area contributed by atoms with Crippen LogP contribution in [0.5, 0.6) is 0 Å². The summed E-state index contributed by atoms with van der Waals surface area (Å²) >= 11 is 1.51. The molecule has 0 saturated carbocycles. The number of sulfonamides is 1. The topological polar surface area (TPSA) is 79.4 Å². The summed E-state index contributed by atoms with van der Waals surface area (Å²) in [6.45, 7) is 2.47. The van der Waals surface area contributed by atoms with Crippen LogP contribution in [-0.2, 0) is 29.4 Å². The smallest absolute Gasteiger partial charge is 0.257 e. The van der Waals surface area contributed by atoms with Crippen molar-refractivity contribution in [2.45, 2.75) is 37.6 Å².